The molecule has 0 saturated carbocycles. The summed E-state index contributed by atoms with van der Waals surface area (Å²) in [6.07, 6.45) is -3.00. The Kier molecular flexibility index (Phi) is 3.01. The first kappa shape index (κ1) is 12.2. The van der Waals surface area contributed by atoms with Crippen LogP contribution in [-0.2, 0) is 6.18 Å². The first-order valence-electron chi connectivity index (χ1n) is 4.46. The molecule has 0 aliphatic carbocycles. The molecule has 0 radical (unpaired) electrons. The Morgan fingerprint density at radius 2 is 1.94 bits per heavy atom. The molecule has 17 heavy (non-hydrogen) atoms. The van der Waals surface area contributed by atoms with Crippen molar-refractivity contribution in [2.45, 2.75) is 6.18 Å². The van der Waals surface area contributed by atoms with E-state index < -0.39 is 11.7 Å². The highest BCUT2D eigenvalue weighted by atomic mass is 35.5. The lowest BCUT2D eigenvalue weighted by molar-refractivity contribution is -0.137. The molecule has 1 aromatic carbocycles. The van der Waals surface area contributed by atoms with Crippen molar-refractivity contribution in [3.8, 4) is 10.4 Å². The lowest BCUT2D eigenvalue weighted by Crippen LogP contribution is -2.04. The highest BCUT2D eigenvalue weighted by molar-refractivity contribution is 7.18. The number of thiazole rings is 1. The van der Waals surface area contributed by atoms with E-state index in [0.29, 0.717) is 15.6 Å². The minimum absolute atomic E-state index is 0.0294. The van der Waals surface area contributed by atoms with Gasteiger partial charge in [-0.3, -0.25) is 0 Å². The zero-order valence-corrected chi connectivity index (χ0v) is 9.83. The smallest absolute Gasteiger partial charge is 0.375 e. The summed E-state index contributed by atoms with van der Waals surface area (Å²) in [5, 5.41) is 0.329. The number of hydrogen-bond acceptors (Lipinski definition) is 3. The van der Waals surface area contributed by atoms with Crippen LogP contribution in [0.5, 0.6) is 0 Å². The zero-order valence-electron chi connectivity index (χ0n) is 8.25. The van der Waals surface area contributed by atoms with Gasteiger partial charge in [0.2, 0.25) is 0 Å². The number of hydrogen-bond donors (Lipinski definition) is 1. The Hall–Kier alpha value is -1.27. The van der Waals surface area contributed by atoms with E-state index in [-0.39, 0.29) is 5.02 Å². The summed E-state index contributed by atoms with van der Waals surface area (Å²) in [4.78, 5) is 4.34. The molecule has 0 atom stereocenters. The van der Waals surface area contributed by atoms with Gasteiger partial charge in [0, 0.05) is 11.2 Å². The number of benzene rings is 1. The monoisotopic (exact) mass is 278 g/mol. The van der Waals surface area contributed by atoms with Gasteiger partial charge in [-0.15, -0.1) is 0 Å². The predicted octanol–water partition coefficient (Wildman–Crippen LogP) is 4.06. The van der Waals surface area contributed by atoms with Crippen LogP contribution in [0.4, 0.5) is 18.3 Å². The highest BCUT2D eigenvalue weighted by Crippen LogP contribution is 2.36. The second-order valence-corrected chi connectivity index (χ2v) is 4.79. The Morgan fingerprint density at radius 1 is 1.24 bits per heavy atom. The van der Waals surface area contributed by atoms with E-state index in [0.717, 1.165) is 23.5 Å². The molecule has 0 unspecified atom stereocenters. The molecule has 2 rings (SSSR count). The highest BCUT2D eigenvalue weighted by Gasteiger charge is 2.31. The van der Waals surface area contributed by atoms with Gasteiger partial charge in [-0.25, -0.2) is 4.98 Å². The average Bonchev–Trinajstić information content (AvgIpc) is 2.62. The van der Waals surface area contributed by atoms with Gasteiger partial charge in [-0.1, -0.05) is 22.9 Å². The number of rotatable bonds is 1. The minimum Gasteiger partial charge on any atom is -0.375 e. The van der Waals surface area contributed by atoms with Crippen molar-refractivity contribution in [2.24, 2.45) is 0 Å². The van der Waals surface area contributed by atoms with Gasteiger partial charge in [-0.2, -0.15) is 13.2 Å². The van der Waals surface area contributed by atoms with Crippen LogP contribution in [-0.4, -0.2) is 4.98 Å². The third-order valence-corrected chi connectivity index (χ3v) is 3.13. The fourth-order valence-electron chi connectivity index (χ4n) is 1.32. The molecule has 2 aromatic rings. The van der Waals surface area contributed by atoms with Crippen LogP contribution in [0.25, 0.3) is 10.4 Å². The van der Waals surface area contributed by atoms with Crippen LogP contribution in [0, 0.1) is 0 Å². The van der Waals surface area contributed by atoms with Crippen LogP contribution < -0.4 is 5.73 Å². The number of nitrogen functional groups attached to an aromatic ring is 1. The van der Waals surface area contributed by atoms with Gasteiger partial charge in [0.25, 0.3) is 0 Å². The Balaban J connectivity index is 2.52. The maximum atomic E-state index is 12.6. The zero-order chi connectivity index (χ0) is 12.6. The second-order valence-electron chi connectivity index (χ2n) is 3.29. The summed E-state index contributed by atoms with van der Waals surface area (Å²) in [6, 6.07) is 3.36. The van der Waals surface area contributed by atoms with Gasteiger partial charge >= 0.3 is 6.18 Å². The predicted molar refractivity (Wildman–Crippen MR) is 62.0 cm³/mol. The van der Waals surface area contributed by atoms with Gasteiger partial charge < -0.3 is 5.73 Å². The molecule has 1 aromatic heterocycles. The van der Waals surface area contributed by atoms with E-state index in [9.17, 15) is 13.2 Å². The van der Waals surface area contributed by atoms with Crippen LogP contribution in [0.2, 0.25) is 5.02 Å². The number of nitrogens with two attached hydrogens (primary N) is 1. The normalized spacial score (nSPS) is 11.8. The number of aromatic nitrogens is 1. The second kappa shape index (κ2) is 4.19. The quantitative estimate of drug-likeness (QED) is 0.854. The van der Waals surface area contributed by atoms with Gasteiger partial charge in [0.1, 0.15) is 0 Å². The maximum Gasteiger partial charge on any atom is 0.416 e. The fourth-order valence-corrected chi connectivity index (χ4v) is 2.22. The number of anilines is 1. The molecule has 90 valence electrons. The largest absolute Gasteiger partial charge is 0.416 e. The summed E-state index contributed by atoms with van der Waals surface area (Å²) in [7, 11) is 0. The molecule has 0 fully saturated rings. The van der Waals surface area contributed by atoms with Crippen LogP contribution in [0.1, 0.15) is 5.56 Å². The van der Waals surface area contributed by atoms with Gasteiger partial charge in [-0.05, 0) is 23.8 Å². The number of nitrogens with zero attached hydrogens (tertiary/aromatic N) is 1. The third-order valence-electron chi connectivity index (χ3n) is 2.03. The average molecular weight is 279 g/mol. The summed E-state index contributed by atoms with van der Waals surface area (Å²) >= 11 is 6.78. The van der Waals surface area contributed by atoms with Crippen molar-refractivity contribution < 1.29 is 13.2 Å². The number of alkyl halides is 3. The van der Waals surface area contributed by atoms with E-state index in [4.69, 9.17) is 17.3 Å². The summed E-state index contributed by atoms with van der Waals surface area (Å²) in [5.74, 6) is 0. The van der Waals surface area contributed by atoms with E-state index in [2.05, 4.69) is 4.98 Å². The molecule has 0 aliphatic rings. The van der Waals surface area contributed by atoms with E-state index in [1.165, 1.54) is 12.3 Å². The fraction of sp³-hybridized carbons (Fsp3) is 0.100. The molecule has 2 nitrogen and oxygen atoms in total. The van der Waals surface area contributed by atoms with Crippen LogP contribution in [0.3, 0.4) is 0 Å². The van der Waals surface area contributed by atoms with Crippen molar-refractivity contribution in [2.75, 3.05) is 5.73 Å². The third kappa shape index (κ3) is 2.70. The molecular formula is C10H6ClF3N2S. The molecule has 0 aliphatic heterocycles. The Labute approximate surface area is 104 Å². The van der Waals surface area contributed by atoms with Gasteiger partial charge in [0.15, 0.2) is 5.13 Å². The number of halogens is 4. The lowest BCUT2D eigenvalue weighted by Gasteiger charge is -2.08. The van der Waals surface area contributed by atoms with Gasteiger partial charge in [0.05, 0.1) is 10.4 Å². The van der Waals surface area contributed by atoms with Crippen molar-refractivity contribution in [3.05, 3.63) is 35.0 Å². The molecule has 1 heterocycles. The summed E-state index contributed by atoms with van der Waals surface area (Å²) < 4.78 is 37.7. The van der Waals surface area contributed by atoms with Crippen molar-refractivity contribution in [3.63, 3.8) is 0 Å². The Morgan fingerprint density at radius 3 is 2.47 bits per heavy atom. The SMILES string of the molecule is Nc1ncc(-c2cc(Cl)cc(C(F)(F)F)c2)s1. The molecule has 0 amide bonds. The van der Waals surface area contributed by atoms with Crippen LogP contribution in [0.15, 0.2) is 24.4 Å². The molecule has 2 N–H and O–H groups in total. The van der Waals surface area contributed by atoms with E-state index >= 15 is 0 Å². The lowest BCUT2D eigenvalue weighted by atomic mass is 10.1. The van der Waals surface area contributed by atoms with Crippen molar-refractivity contribution in [1.82, 2.24) is 4.98 Å². The van der Waals surface area contributed by atoms with Crippen molar-refractivity contribution >= 4 is 28.1 Å². The molecular weight excluding hydrogens is 273 g/mol. The molecule has 0 bridgehead atoms. The summed E-state index contributed by atoms with van der Waals surface area (Å²) in [6.45, 7) is 0. The molecule has 0 saturated heterocycles. The van der Waals surface area contributed by atoms with Crippen LogP contribution >= 0.6 is 22.9 Å². The van der Waals surface area contributed by atoms with E-state index in [1.54, 1.807) is 0 Å². The first-order chi connectivity index (χ1) is 7.86. The standard InChI is InChI=1S/C10H6ClF3N2S/c11-7-2-5(8-4-16-9(15)17-8)1-6(3-7)10(12,13)14/h1-4H,(H2,15,16). The minimum atomic E-state index is -4.42. The van der Waals surface area contributed by atoms with E-state index in [1.807, 2.05) is 0 Å². The molecule has 7 heteroatoms. The molecule has 0 spiro atoms. The van der Waals surface area contributed by atoms with Crippen molar-refractivity contribution in [1.29, 1.82) is 0 Å². The first-order valence-corrected chi connectivity index (χ1v) is 5.65. The topological polar surface area (TPSA) is 38.9 Å². The summed E-state index contributed by atoms with van der Waals surface area (Å²) in [5.41, 5.74) is 5.01. The Bertz CT molecular complexity index is 551. The maximum absolute atomic E-state index is 12.6.